The Bertz CT molecular complexity index is 198. The Morgan fingerprint density at radius 2 is 2.44 bits per heavy atom. The molecule has 0 aliphatic rings. The number of pyridine rings is 1. The van der Waals surface area contributed by atoms with Crippen LogP contribution in [-0.2, 0) is 0 Å². The average Bonchev–Trinajstić information content (AvgIpc) is 1.88. The molecule has 0 atom stereocenters. The first-order chi connectivity index (χ1) is 4.33. The maximum absolute atomic E-state index is 4.02. The van der Waals surface area contributed by atoms with Crippen molar-refractivity contribution in [3.05, 3.63) is 24.0 Å². The first-order valence-electron chi connectivity index (χ1n) is 2.72. The summed E-state index contributed by atoms with van der Waals surface area (Å²) in [6.45, 7) is 1.94. The van der Waals surface area contributed by atoms with Crippen LogP contribution in [0.5, 0.6) is 0 Å². The van der Waals surface area contributed by atoms with Crippen molar-refractivity contribution in [3.63, 3.8) is 0 Å². The highest BCUT2D eigenvalue weighted by atomic mass is 32.2. The Morgan fingerprint density at radius 1 is 1.67 bits per heavy atom. The van der Waals surface area contributed by atoms with Gasteiger partial charge in [0.1, 0.15) is 0 Å². The Hall–Kier alpha value is -0.500. The minimum Gasteiger partial charge on any atom is -0.261 e. The molecular formula is C7H8NS. The van der Waals surface area contributed by atoms with Crippen LogP contribution in [0.2, 0.25) is 0 Å². The van der Waals surface area contributed by atoms with E-state index in [1.54, 1.807) is 18.0 Å². The van der Waals surface area contributed by atoms with Crippen molar-refractivity contribution in [2.45, 2.75) is 11.8 Å². The molecule has 0 unspecified atom stereocenters. The molecule has 9 heavy (non-hydrogen) atoms. The molecule has 2 heteroatoms. The van der Waals surface area contributed by atoms with Crippen LogP contribution in [0.4, 0.5) is 0 Å². The fraction of sp³-hybridized carbons (Fsp3) is 0.286. The maximum atomic E-state index is 4.02. The number of aromatic nitrogens is 1. The zero-order chi connectivity index (χ0) is 6.69. The minimum atomic E-state index is 0.960. The third-order valence-electron chi connectivity index (χ3n) is 1.02. The van der Waals surface area contributed by atoms with Crippen LogP contribution in [0.1, 0.15) is 5.69 Å². The summed E-state index contributed by atoms with van der Waals surface area (Å²) in [6.07, 6.45) is 3.84. The largest absolute Gasteiger partial charge is 0.261 e. The zero-order valence-corrected chi connectivity index (χ0v) is 6.33. The molecule has 0 saturated heterocycles. The van der Waals surface area contributed by atoms with E-state index in [9.17, 15) is 0 Å². The molecule has 0 N–H and O–H groups in total. The van der Waals surface area contributed by atoms with Gasteiger partial charge in [-0.1, -0.05) is 0 Å². The van der Waals surface area contributed by atoms with Crippen LogP contribution in [0, 0.1) is 13.0 Å². The summed E-state index contributed by atoms with van der Waals surface area (Å²) in [6, 6.07) is 5.06. The highest BCUT2D eigenvalue weighted by molar-refractivity contribution is 7.98. The van der Waals surface area contributed by atoms with E-state index in [-0.39, 0.29) is 0 Å². The summed E-state index contributed by atoms with van der Waals surface area (Å²) in [4.78, 5) is 5.17. The first-order valence-corrected chi connectivity index (χ1v) is 3.94. The maximum Gasteiger partial charge on any atom is 0.0463 e. The van der Waals surface area contributed by atoms with Gasteiger partial charge in [0.15, 0.2) is 0 Å². The number of hydrogen-bond donors (Lipinski definition) is 0. The molecule has 0 aliphatic carbocycles. The van der Waals surface area contributed by atoms with Crippen LogP contribution in [0.15, 0.2) is 17.2 Å². The quantitative estimate of drug-likeness (QED) is 0.550. The third kappa shape index (κ3) is 1.72. The second kappa shape index (κ2) is 2.87. The van der Waals surface area contributed by atoms with Gasteiger partial charge in [0.25, 0.3) is 0 Å². The Kier molecular flexibility index (Phi) is 2.11. The molecule has 1 aromatic rings. The van der Waals surface area contributed by atoms with Crippen molar-refractivity contribution in [1.29, 1.82) is 0 Å². The Morgan fingerprint density at radius 3 is 2.89 bits per heavy atom. The van der Waals surface area contributed by atoms with Gasteiger partial charge in [0.2, 0.25) is 0 Å². The molecular weight excluding hydrogens is 130 g/mol. The number of thioether (sulfide) groups is 1. The van der Waals surface area contributed by atoms with Gasteiger partial charge in [-0.3, -0.25) is 4.98 Å². The van der Waals surface area contributed by atoms with E-state index < -0.39 is 0 Å². The lowest BCUT2D eigenvalue weighted by Gasteiger charge is -1.93. The highest BCUT2D eigenvalue weighted by Crippen LogP contribution is 2.11. The predicted octanol–water partition coefficient (Wildman–Crippen LogP) is 1.91. The van der Waals surface area contributed by atoms with E-state index in [1.165, 1.54) is 0 Å². The lowest BCUT2D eigenvalue weighted by molar-refractivity contribution is 1.15. The SMILES string of the molecule is CSc1[c]c(C)ncc1. The summed E-state index contributed by atoms with van der Waals surface area (Å²) in [7, 11) is 0. The molecule has 0 fully saturated rings. The van der Waals surface area contributed by atoms with E-state index in [2.05, 4.69) is 11.1 Å². The van der Waals surface area contributed by atoms with Gasteiger partial charge in [-0.15, -0.1) is 11.8 Å². The summed E-state index contributed by atoms with van der Waals surface area (Å²) >= 11 is 1.69. The molecule has 0 bridgehead atoms. The molecule has 1 rings (SSSR count). The third-order valence-corrected chi connectivity index (χ3v) is 1.70. The van der Waals surface area contributed by atoms with Gasteiger partial charge >= 0.3 is 0 Å². The molecule has 1 aromatic heterocycles. The number of nitrogens with zero attached hydrogens (tertiary/aromatic N) is 1. The number of hydrogen-bond acceptors (Lipinski definition) is 2. The number of aryl methyl sites for hydroxylation is 1. The Labute approximate surface area is 59.5 Å². The lowest BCUT2D eigenvalue weighted by atomic mass is 10.4. The topological polar surface area (TPSA) is 12.9 Å². The van der Waals surface area contributed by atoms with Crippen LogP contribution in [-0.4, -0.2) is 11.2 Å². The van der Waals surface area contributed by atoms with Crippen molar-refractivity contribution < 1.29 is 0 Å². The molecule has 1 heterocycles. The minimum absolute atomic E-state index is 0.960. The van der Waals surface area contributed by atoms with Gasteiger partial charge in [0.05, 0.1) is 0 Å². The van der Waals surface area contributed by atoms with Crippen LogP contribution in [0.3, 0.4) is 0 Å². The van der Waals surface area contributed by atoms with Gasteiger partial charge in [-0.2, -0.15) is 0 Å². The predicted molar refractivity (Wildman–Crippen MR) is 39.6 cm³/mol. The van der Waals surface area contributed by atoms with E-state index in [0.29, 0.717) is 0 Å². The summed E-state index contributed by atoms with van der Waals surface area (Å²) in [5, 5.41) is 0. The molecule has 1 radical (unpaired) electrons. The van der Waals surface area contributed by atoms with Crippen LogP contribution in [0.25, 0.3) is 0 Å². The molecule has 0 saturated carbocycles. The average molecular weight is 138 g/mol. The van der Waals surface area contributed by atoms with E-state index in [4.69, 9.17) is 0 Å². The van der Waals surface area contributed by atoms with Gasteiger partial charge in [0, 0.05) is 22.9 Å². The first kappa shape index (κ1) is 6.62. The van der Waals surface area contributed by atoms with Crippen molar-refractivity contribution in [2.24, 2.45) is 0 Å². The molecule has 47 valence electrons. The van der Waals surface area contributed by atoms with E-state index in [1.807, 2.05) is 19.2 Å². The monoisotopic (exact) mass is 138 g/mol. The van der Waals surface area contributed by atoms with Gasteiger partial charge < -0.3 is 0 Å². The molecule has 0 aromatic carbocycles. The van der Waals surface area contributed by atoms with E-state index >= 15 is 0 Å². The standard InChI is InChI=1S/C7H8NS/c1-6-5-7(9-2)3-4-8-6/h3-4H,1-2H3. The van der Waals surface area contributed by atoms with Crippen molar-refractivity contribution >= 4 is 11.8 Å². The van der Waals surface area contributed by atoms with Crippen molar-refractivity contribution in [1.82, 2.24) is 4.98 Å². The smallest absolute Gasteiger partial charge is 0.0463 e. The fourth-order valence-corrected chi connectivity index (χ4v) is 1.03. The summed E-state index contributed by atoms with van der Waals surface area (Å²) in [5.74, 6) is 0. The molecule has 0 spiro atoms. The number of rotatable bonds is 1. The Balaban J connectivity index is 2.94. The molecule has 1 nitrogen and oxygen atoms in total. The summed E-state index contributed by atoms with van der Waals surface area (Å²) in [5.41, 5.74) is 0.960. The second-order valence-corrected chi connectivity index (χ2v) is 2.57. The normalized spacial score (nSPS) is 9.56. The van der Waals surface area contributed by atoms with Crippen LogP contribution < -0.4 is 0 Å². The van der Waals surface area contributed by atoms with Crippen molar-refractivity contribution in [3.8, 4) is 0 Å². The van der Waals surface area contributed by atoms with E-state index in [0.717, 1.165) is 10.6 Å². The van der Waals surface area contributed by atoms with Gasteiger partial charge in [-0.05, 0) is 19.2 Å². The fourth-order valence-electron chi connectivity index (χ4n) is 0.588. The van der Waals surface area contributed by atoms with Crippen molar-refractivity contribution in [2.75, 3.05) is 6.26 Å². The second-order valence-electron chi connectivity index (χ2n) is 1.72. The van der Waals surface area contributed by atoms with Gasteiger partial charge in [-0.25, -0.2) is 0 Å². The molecule has 0 aliphatic heterocycles. The summed E-state index contributed by atoms with van der Waals surface area (Å²) < 4.78 is 0. The van der Waals surface area contributed by atoms with Crippen LogP contribution >= 0.6 is 11.8 Å². The lowest BCUT2D eigenvalue weighted by Crippen LogP contribution is -1.79. The zero-order valence-electron chi connectivity index (χ0n) is 5.51. The molecule has 0 amide bonds. The highest BCUT2D eigenvalue weighted by Gasteiger charge is 1.88.